The molecule has 2 aromatic heterocycles. The number of aromatic nitrogens is 3. The third-order valence-corrected chi connectivity index (χ3v) is 6.82. The van der Waals surface area contributed by atoms with E-state index in [4.69, 9.17) is 9.47 Å². The fourth-order valence-corrected chi connectivity index (χ4v) is 5.08. The van der Waals surface area contributed by atoms with Gasteiger partial charge >= 0.3 is 6.09 Å². The first kappa shape index (κ1) is 24.4. The maximum absolute atomic E-state index is 12.5. The zero-order chi connectivity index (χ0) is 25.4. The zero-order valence-electron chi connectivity index (χ0n) is 21.8. The van der Waals surface area contributed by atoms with Crippen molar-refractivity contribution in [2.24, 2.45) is 7.05 Å². The van der Waals surface area contributed by atoms with Gasteiger partial charge < -0.3 is 24.6 Å². The minimum Gasteiger partial charge on any atom is -0.492 e. The quantitative estimate of drug-likeness (QED) is 0.595. The first-order valence-electron chi connectivity index (χ1n) is 12.7. The Morgan fingerprint density at radius 3 is 2.86 bits per heavy atom. The molecule has 192 valence electrons. The van der Waals surface area contributed by atoms with Gasteiger partial charge in [-0.3, -0.25) is 4.68 Å². The maximum atomic E-state index is 12.5. The number of anilines is 1. The van der Waals surface area contributed by atoms with Crippen LogP contribution in [0.15, 0.2) is 36.7 Å². The average Bonchev–Trinajstić information content (AvgIpc) is 3.23. The average molecular weight is 493 g/mol. The molecule has 0 unspecified atom stereocenters. The van der Waals surface area contributed by atoms with Crippen LogP contribution in [-0.4, -0.2) is 70.2 Å². The first-order chi connectivity index (χ1) is 17.2. The molecule has 9 heteroatoms. The molecular formula is C27H36N6O3. The van der Waals surface area contributed by atoms with Gasteiger partial charge in [0.1, 0.15) is 18.0 Å². The van der Waals surface area contributed by atoms with Gasteiger partial charge in [0.2, 0.25) is 0 Å². The minimum atomic E-state index is -0.495. The summed E-state index contributed by atoms with van der Waals surface area (Å²) in [6.07, 6.45) is 3.50. The van der Waals surface area contributed by atoms with E-state index >= 15 is 0 Å². The van der Waals surface area contributed by atoms with Crippen LogP contribution >= 0.6 is 0 Å². The van der Waals surface area contributed by atoms with Crippen molar-refractivity contribution >= 4 is 22.8 Å². The van der Waals surface area contributed by atoms with Crippen molar-refractivity contribution in [3.05, 3.63) is 47.8 Å². The summed E-state index contributed by atoms with van der Waals surface area (Å²) in [5, 5.41) is 8.93. The van der Waals surface area contributed by atoms with Crippen molar-refractivity contribution in [1.29, 1.82) is 0 Å². The molecule has 5 rings (SSSR count). The van der Waals surface area contributed by atoms with E-state index in [1.54, 1.807) is 4.90 Å². The Morgan fingerprint density at radius 1 is 1.22 bits per heavy atom. The molecule has 3 aromatic rings. The van der Waals surface area contributed by atoms with Crippen molar-refractivity contribution in [2.75, 3.05) is 37.7 Å². The number of aryl methyl sites for hydroxylation is 1. The van der Waals surface area contributed by atoms with Gasteiger partial charge in [-0.2, -0.15) is 5.10 Å². The molecule has 1 saturated heterocycles. The monoisotopic (exact) mass is 492 g/mol. The molecule has 36 heavy (non-hydrogen) atoms. The maximum Gasteiger partial charge on any atom is 0.410 e. The van der Waals surface area contributed by atoms with Gasteiger partial charge in [-0.25, -0.2) is 9.78 Å². The molecule has 0 aliphatic carbocycles. The standard InChI is InChI=1S/C27H36N6O3/c1-18-14-33(24-8-9-29-25-23(24)13-30-31(25)5)15-19-6-7-21(12-22(18)19)35-17-20-16-32(11-10-28-20)26(34)36-27(2,3)4/h6-9,12-13,18,20,28H,10-11,14-17H2,1-5H3/t18-,20+/m0/s1. The summed E-state index contributed by atoms with van der Waals surface area (Å²) in [6, 6.07) is 8.55. The molecule has 2 aliphatic heterocycles. The highest BCUT2D eigenvalue weighted by atomic mass is 16.6. The number of nitrogens with one attached hydrogen (secondary N) is 1. The van der Waals surface area contributed by atoms with Gasteiger partial charge in [-0.15, -0.1) is 0 Å². The molecule has 0 spiro atoms. The molecule has 4 heterocycles. The van der Waals surface area contributed by atoms with Gasteiger partial charge in [-0.1, -0.05) is 13.0 Å². The lowest BCUT2D eigenvalue weighted by molar-refractivity contribution is 0.0178. The van der Waals surface area contributed by atoms with Crippen LogP contribution in [0.2, 0.25) is 0 Å². The normalized spacial score (nSPS) is 20.4. The van der Waals surface area contributed by atoms with Gasteiger partial charge in [0.15, 0.2) is 5.65 Å². The summed E-state index contributed by atoms with van der Waals surface area (Å²) >= 11 is 0. The Balaban J connectivity index is 1.23. The zero-order valence-corrected chi connectivity index (χ0v) is 21.8. The van der Waals surface area contributed by atoms with Crippen LogP contribution in [0.1, 0.15) is 44.7 Å². The largest absolute Gasteiger partial charge is 0.492 e. The fourth-order valence-electron chi connectivity index (χ4n) is 5.08. The van der Waals surface area contributed by atoms with Crippen molar-refractivity contribution in [2.45, 2.75) is 51.8 Å². The van der Waals surface area contributed by atoms with Crippen molar-refractivity contribution < 1.29 is 14.3 Å². The highest BCUT2D eigenvalue weighted by molar-refractivity contribution is 5.89. The van der Waals surface area contributed by atoms with E-state index < -0.39 is 5.60 Å². The number of pyridine rings is 1. The molecular weight excluding hydrogens is 456 g/mol. The van der Waals surface area contributed by atoms with Gasteiger partial charge in [-0.05, 0) is 56.0 Å². The Labute approximate surface area is 212 Å². The van der Waals surface area contributed by atoms with E-state index in [0.29, 0.717) is 25.6 Å². The number of rotatable bonds is 4. The van der Waals surface area contributed by atoms with E-state index in [1.165, 1.54) is 16.8 Å². The van der Waals surface area contributed by atoms with Crippen molar-refractivity contribution in [3.63, 3.8) is 0 Å². The third kappa shape index (κ3) is 5.11. The third-order valence-electron chi connectivity index (χ3n) is 6.82. The molecule has 2 aliphatic rings. The van der Waals surface area contributed by atoms with Gasteiger partial charge in [0.25, 0.3) is 0 Å². The van der Waals surface area contributed by atoms with Gasteiger partial charge in [0, 0.05) is 46.0 Å². The number of nitrogens with zero attached hydrogens (tertiary/aromatic N) is 5. The van der Waals surface area contributed by atoms with E-state index in [1.807, 2.05) is 44.9 Å². The summed E-state index contributed by atoms with van der Waals surface area (Å²) in [5.74, 6) is 1.22. The number of piperazine rings is 1. The van der Waals surface area contributed by atoms with Crippen molar-refractivity contribution in [3.8, 4) is 5.75 Å². The predicted octanol–water partition coefficient (Wildman–Crippen LogP) is 3.68. The minimum absolute atomic E-state index is 0.0591. The predicted molar refractivity (Wildman–Crippen MR) is 140 cm³/mol. The number of ether oxygens (including phenoxy) is 2. The second kappa shape index (κ2) is 9.61. The number of carbonyl (C=O) groups is 1. The van der Waals surface area contributed by atoms with Crippen molar-refractivity contribution in [1.82, 2.24) is 25.0 Å². The second-order valence-electron chi connectivity index (χ2n) is 10.9. The molecule has 1 amide bonds. The summed E-state index contributed by atoms with van der Waals surface area (Å²) in [7, 11) is 1.92. The van der Waals surface area contributed by atoms with E-state index in [9.17, 15) is 4.79 Å². The van der Waals surface area contributed by atoms with Crippen LogP contribution < -0.4 is 15.0 Å². The molecule has 2 atom stereocenters. The van der Waals surface area contributed by atoms with E-state index in [2.05, 4.69) is 51.5 Å². The molecule has 1 aromatic carbocycles. The van der Waals surface area contributed by atoms with E-state index in [-0.39, 0.29) is 12.1 Å². The SMILES string of the molecule is C[C@H]1CN(c2ccnc3c2cnn3C)Cc2ccc(OC[C@H]3CN(C(=O)OC(C)(C)C)CCN3)cc21. The summed E-state index contributed by atoms with van der Waals surface area (Å²) < 4.78 is 13.5. The number of fused-ring (bicyclic) bond motifs is 2. The second-order valence-corrected chi connectivity index (χ2v) is 10.9. The number of benzene rings is 1. The topological polar surface area (TPSA) is 84.8 Å². The van der Waals surface area contributed by atoms with E-state index in [0.717, 1.165) is 36.4 Å². The number of amides is 1. The summed E-state index contributed by atoms with van der Waals surface area (Å²) in [4.78, 5) is 21.1. The van der Waals surface area contributed by atoms with Crippen LogP contribution in [-0.2, 0) is 18.3 Å². The van der Waals surface area contributed by atoms with Crippen LogP contribution in [0, 0.1) is 0 Å². The summed E-state index contributed by atoms with van der Waals surface area (Å²) in [5.41, 5.74) is 4.21. The lowest BCUT2D eigenvalue weighted by Gasteiger charge is -2.36. The number of hydrogen-bond donors (Lipinski definition) is 1. The molecule has 0 radical (unpaired) electrons. The van der Waals surface area contributed by atoms with Crippen LogP contribution in [0.5, 0.6) is 5.75 Å². The van der Waals surface area contributed by atoms with Gasteiger partial charge in [0.05, 0.1) is 23.3 Å². The number of carbonyl (C=O) groups excluding carboxylic acids is 1. The molecule has 1 N–H and O–H groups in total. The molecule has 1 fully saturated rings. The first-order valence-corrected chi connectivity index (χ1v) is 12.7. The Hall–Kier alpha value is -3.33. The number of hydrogen-bond acceptors (Lipinski definition) is 7. The molecule has 0 saturated carbocycles. The molecule has 0 bridgehead atoms. The Morgan fingerprint density at radius 2 is 2.06 bits per heavy atom. The Bertz CT molecular complexity index is 1250. The Kier molecular flexibility index (Phi) is 6.51. The lowest BCUT2D eigenvalue weighted by atomic mass is 9.90. The van der Waals surface area contributed by atoms with Crippen LogP contribution in [0.3, 0.4) is 0 Å². The van der Waals surface area contributed by atoms with Crippen LogP contribution in [0.25, 0.3) is 11.0 Å². The lowest BCUT2D eigenvalue weighted by Crippen LogP contribution is -2.55. The fraction of sp³-hybridized carbons (Fsp3) is 0.519. The van der Waals surface area contributed by atoms with Crippen LogP contribution in [0.4, 0.5) is 10.5 Å². The highest BCUT2D eigenvalue weighted by Gasteiger charge is 2.28. The summed E-state index contributed by atoms with van der Waals surface area (Å²) in [6.45, 7) is 12.1. The molecule has 9 nitrogen and oxygen atoms in total. The highest BCUT2D eigenvalue weighted by Crippen LogP contribution is 2.35. The smallest absolute Gasteiger partial charge is 0.410 e.